The monoisotopic (exact) mass is 732 g/mol. The molecule has 6 heteroatoms. The summed E-state index contributed by atoms with van der Waals surface area (Å²) in [4.78, 5) is 18.4. The van der Waals surface area contributed by atoms with Gasteiger partial charge in [0, 0.05) is 46.0 Å². The van der Waals surface area contributed by atoms with Crippen molar-refractivity contribution < 1.29 is 0 Å². The minimum absolute atomic E-state index is 0.334. The first kappa shape index (κ1) is 32.8. The fraction of sp³-hybridized carbons (Fsp3) is 0.0392. The van der Waals surface area contributed by atoms with E-state index in [1.807, 2.05) is 12.3 Å². The van der Waals surface area contributed by atoms with Crippen molar-refractivity contribution in [1.82, 2.24) is 19.0 Å². The lowest BCUT2D eigenvalue weighted by Gasteiger charge is -2.32. The Kier molecular flexibility index (Phi) is 7.67. The molecule has 1 atom stereocenters. The molecular weight excluding hydrogens is 697 g/mol. The quantitative estimate of drug-likeness (QED) is 0.177. The van der Waals surface area contributed by atoms with Crippen molar-refractivity contribution in [1.29, 1.82) is 0 Å². The number of para-hydroxylation sites is 1. The summed E-state index contributed by atoms with van der Waals surface area (Å²) in [6, 6.07) is 66.3. The zero-order valence-corrected chi connectivity index (χ0v) is 31.2. The molecule has 0 bridgehead atoms. The molecule has 0 spiro atoms. The minimum Gasteiger partial charge on any atom is -0.333 e. The lowest BCUT2D eigenvalue weighted by Crippen LogP contribution is -2.36. The van der Waals surface area contributed by atoms with Gasteiger partial charge in [-0.25, -0.2) is 9.98 Å². The number of hydrogen-bond donors (Lipinski definition) is 0. The molecule has 1 unspecified atom stereocenters. The summed E-state index contributed by atoms with van der Waals surface area (Å²) >= 11 is 0. The SMILES string of the molecule is CN1C(c2cccc(-c3ccccc3)c2)=NC(n2c3cccc(-c4ccccc4)c3c3ccc4c5cccnc5n(-c5ccccc5)c4c32)=NC1c1ccccc1. The van der Waals surface area contributed by atoms with E-state index >= 15 is 0 Å². The highest BCUT2D eigenvalue weighted by molar-refractivity contribution is 6.28. The number of rotatable bonds is 5. The smallest absolute Gasteiger partial charge is 0.234 e. The summed E-state index contributed by atoms with van der Waals surface area (Å²) in [5.41, 5.74) is 11.8. The van der Waals surface area contributed by atoms with Crippen molar-refractivity contribution in [2.75, 3.05) is 7.05 Å². The van der Waals surface area contributed by atoms with Crippen LogP contribution >= 0.6 is 0 Å². The molecule has 0 N–H and O–H groups in total. The van der Waals surface area contributed by atoms with Gasteiger partial charge in [0.25, 0.3) is 0 Å². The minimum atomic E-state index is -0.334. The van der Waals surface area contributed by atoms with Gasteiger partial charge >= 0.3 is 0 Å². The van der Waals surface area contributed by atoms with Crippen LogP contribution in [0.15, 0.2) is 204 Å². The standard InChI is InChI=1S/C51H36N6/c1-55-48(36-21-10-4-11-22-36)53-51(54-49(55)38-24-14-23-37(33-38)34-17-6-2-7-18-34)57-44-29-15-27-40(35-19-8-3-9-20-35)45(44)43-31-30-41-42-28-16-32-52-50(42)56(46(41)47(43)57)39-25-12-5-13-26-39/h2-33,48H,1H3. The van der Waals surface area contributed by atoms with Gasteiger partial charge in [0.1, 0.15) is 11.5 Å². The van der Waals surface area contributed by atoms with Gasteiger partial charge in [0.05, 0.1) is 16.6 Å². The molecule has 7 aromatic carbocycles. The summed E-state index contributed by atoms with van der Waals surface area (Å²) in [5, 5.41) is 4.48. The predicted octanol–water partition coefficient (Wildman–Crippen LogP) is 11.9. The molecule has 270 valence electrons. The Morgan fingerprint density at radius 1 is 0.491 bits per heavy atom. The average Bonchev–Trinajstić information content (AvgIpc) is 3.81. The number of benzene rings is 7. The van der Waals surface area contributed by atoms with Gasteiger partial charge in [-0.05, 0) is 64.2 Å². The van der Waals surface area contributed by atoms with E-state index in [2.05, 4.69) is 203 Å². The van der Waals surface area contributed by atoms with Gasteiger partial charge in [-0.3, -0.25) is 9.13 Å². The molecular formula is C51H36N6. The van der Waals surface area contributed by atoms with Crippen molar-refractivity contribution in [2.24, 2.45) is 9.98 Å². The normalized spacial score (nSPS) is 14.4. The van der Waals surface area contributed by atoms with Crippen LogP contribution in [0.4, 0.5) is 0 Å². The first-order chi connectivity index (χ1) is 28.2. The Morgan fingerprint density at radius 3 is 1.89 bits per heavy atom. The number of aliphatic imine (C=N–C) groups is 2. The molecule has 0 saturated heterocycles. The molecule has 11 rings (SSSR count). The Labute approximate surface area is 330 Å². The van der Waals surface area contributed by atoms with Crippen molar-refractivity contribution >= 4 is 55.5 Å². The van der Waals surface area contributed by atoms with Gasteiger partial charge in [-0.2, -0.15) is 4.99 Å². The van der Waals surface area contributed by atoms with Crippen LogP contribution in [0.1, 0.15) is 17.3 Å². The van der Waals surface area contributed by atoms with E-state index in [4.69, 9.17) is 15.0 Å². The number of nitrogens with zero attached hydrogens (tertiary/aromatic N) is 6. The van der Waals surface area contributed by atoms with E-state index in [-0.39, 0.29) is 6.17 Å². The zero-order chi connectivity index (χ0) is 37.9. The highest BCUT2D eigenvalue weighted by Gasteiger charge is 2.30. The Balaban J connectivity index is 1.28. The van der Waals surface area contributed by atoms with E-state index in [1.165, 1.54) is 0 Å². The molecule has 6 nitrogen and oxygen atoms in total. The lowest BCUT2D eigenvalue weighted by atomic mass is 9.99. The lowest BCUT2D eigenvalue weighted by molar-refractivity contribution is 0.381. The summed E-state index contributed by atoms with van der Waals surface area (Å²) in [5.74, 6) is 1.47. The molecule has 0 aliphatic carbocycles. The molecule has 0 amide bonds. The van der Waals surface area contributed by atoms with Crippen LogP contribution in [0.25, 0.3) is 71.7 Å². The first-order valence-electron chi connectivity index (χ1n) is 19.3. The predicted molar refractivity (Wildman–Crippen MR) is 235 cm³/mol. The Hall–Kier alpha value is -7.57. The maximum Gasteiger partial charge on any atom is 0.234 e. The second-order valence-electron chi connectivity index (χ2n) is 14.5. The average molecular weight is 733 g/mol. The number of pyridine rings is 1. The summed E-state index contributed by atoms with van der Waals surface area (Å²) in [6.07, 6.45) is 1.55. The second kappa shape index (κ2) is 13.3. The molecule has 1 aliphatic heterocycles. The van der Waals surface area contributed by atoms with Crippen molar-refractivity contribution in [3.05, 3.63) is 205 Å². The molecule has 3 aromatic heterocycles. The Morgan fingerprint density at radius 2 is 1.12 bits per heavy atom. The molecule has 4 heterocycles. The highest BCUT2D eigenvalue weighted by atomic mass is 15.4. The molecule has 0 saturated carbocycles. The first-order valence-corrected chi connectivity index (χ1v) is 19.3. The van der Waals surface area contributed by atoms with Crippen LogP contribution < -0.4 is 0 Å². The number of fused-ring (bicyclic) bond motifs is 7. The van der Waals surface area contributed by atoms with Crippen LogP contribution in [-0.4, -0.2) is 37.9 Å². The molecule has 0 fully saturated rings. The molecule has 57 heavy (non-hydrogen) atoms. The van der Waals surface area contributed by atoms with Crippen molar-refractivity contribution in [2.45, 2.75) is 6.17 Å². The van der Waals surface area contributed by atoms with Gasteiger partial charge in [0.2, 0.25) is 5.96 Å². The molecule has 0 radical (unpaired) electrons. The summed E-state index contributed by atoms with van der Waals surface area (Å²) in [6.45, 7) is 0. The number of aromatic nitrogens is 3. The second-order valence-corrected chi connectivity index (χ2v) is 14.5. The van der Waals surface area contributed by atoms with Crippen LogP contribution in [0.3, 0.4) is 0 Å². The number of amidine groups is 1. The molecule has 10 aromatic rings. The fourth-order valence-corrected chi connectivity index (χ4v) is 8.65. The summed E-state index contributed by atoms with van der Waals surface area (Å²) < 4.78 is 4.62. The van der Waals surface area contributed by atoms with Gasteiger partial charge in [0.15, 0.2) is 6.17 Å². The van der Waals surface area contributed by atoms with Gasteiger partial charge in [-0.1, -0.05) is 152 Å². The fourth-order valence-electron chi connectivity index (χ4n) is 8.65. The van der Waals surface area contributed by atoms with Crippen LogP contribution in [0, 0.1) is 0 Å². The zero-order valence-electron chi connectivity index (χ0n) is 31.2. The van der Waals surface area contributed by atoms with Crippen LogP contribution in [0.5, 0.6) is 0 Å². The van der Waals surface area contributed by atoms with Gasteiger partial charge in [-0.15, -0.1) is 0 Å². The number of hydrogen-bond acceptors (Lipinski definition) is 4. The van der Waals surface area contributed by atoms with E-state index in [0.29, 0.717) is 5.96 Å². The summed E-state index contributed by atoms with van der Waals surface area (Å²) in [7, 11) is 2.10. The maximum atomic E-state index is 5.59. The van der Waals surface area contributed by atoms with E-state index in [9.17, 15) is 0 Å². The van der Waals surface area contributed by atoms with E-state index < -0.39 is 0 Å². The third kappa shape index (κ3) is 5.29. The third-order valence-corrected chi connectivity index (χ3v) is 11.2. The van der Waals surface area contributed by atoms with Crippen molar-refractivity contribution in [3.8, 4) is 27.9 Å². The molecule has 1 aliphatic rings. The van der Waals surface area contributed by atoms with Crippen LogP contribution in [-0.2, 0) is 0 Å². The highest BCUT2D eigenvalue weighted by Crippen LogP contribution is 2.43. The third-order valence-electron chi connectivity index (χ3n) is 11.2. The maximum absolute atomic E-state index is 5.59. The topological polar surface area (TPSA) is 50.7 Å². The van der Waals surface area contributed by atoms with Crippen LogP contribution in [0.2, 0.25) is 0 Å². The largest absolute Gasteiger partial charge is 0.333 e. The van der Waals surface area contributed by atoms with E-state index in [1.54, 1.807) is 0 Å². The van der Waals surface area contributed by atoms with Crippen molar-refractivity contribution in [3.63, 3.8) is 0 Å². The van der Waals surface area contributed by atoms with Gasteiger partial charge < -0.3 is 4.90 Å². The Bertz CT molecular complexity index is 3180. The van der Waals surface area contributed by atoms with E-state index in [0.717, 1.165) is 88.6 Å².